The van der Waals surface area contributed by atoms with Crippen molar-refractivity contribution in [2.45, 2.75) is 36.9 Å². The van der Waals surface area contributed by atoms with E-state index in [4.69, 9.17) is 4.74 Å². The molecule has 8 nitrogen and oxygen atoms in total. The number of ether oxygens (including phenoxy) is 1. The number of phenolic OH excluding ortho intramolecular Hbond substituents is 1. The van der Waals surface area contributed by atoms with Crippen molar-refractivity contribution in [1.82, 2.24) is 9.80 Å². The van der Waals surface area contributed by atoms with E-state index in [1.54, 1.807) is 0 Å². The maximum atomic E-state index is 13.6. The summed E-state index contributed by atoms with van der Waals surface area (Å²) < 4.78 is 46.4. The van der Waals surface area contributed by atoms with Gasteiger partial charge in [0, 0.05) is 48.8 Å². The number of aromatic hydroxyl groups is 1. The summed E-state index contributed by atoms with van der Waals surface area (Å²) >= 11 is 3.59. The molecule has 220 valence electrons. The molecule has 4 rings (SSSR count). The minimum atomic E-state index is -1.76. The van der Waals surface area contributed by atoms with E-state index in [1.807, 2.05) is 42.3 Å². The topological polar surface area (TPSA) is 90.4 Å². The summed E-state index contributed by atoms with van der Waals surface area (Å²) in [6.07, 6.45) is 3.80. The van der Waals surface area contributed by atoms with Crippen LogP contribution in [0.25, 0.3) is 6.08 Å². The van der Waals surface area contributed by atoms with Gasteiger partial charge in [-0.1, -0.05) is 28.1 Å². The molecule has 0 saturated heterocycles. The molecule has 0 amide bonds. The Bertz CT molecular complexity index is 1390. The summed E-state index contributed by atoms with van der Waals surface area (Å²) in [5, 5.41) is 11.1. The number of carbonyl (C=O) groups is 3. The summed E-state index contributed by atoms with van der Waals surface area (Å²) in [6.45, 7) is 1.43. The van der Waals surface area contributed by atoms with Crippen LogP contribution >= 0.6 is 15.9 Å². The second-order valence-electron chi connectivity index (χ2n) is 10.8. The third-order valence-corrected chi connectivity index (χ3v) is 8.35. The monoisotopic (exact) mass is 637 g/mol. The minimum Gasteiger partial charge on any atom is -0.508 e. The van der Waals surface area contributed by atoms with Crippen molar-refractivity contribution >= 4 is 45.8 Å². The maximum Gasteiger partial charge on any atom is 0.315 e. The fourth-order valence-corrected chi connectivity index (χ4v) is 6.39. The maximum absolute atomic E-state index is 13.6. The van der Waals surface area contributed by atoms with Crippen LogP contribution in [-0.4, -0.2) is 78.5 Å². The van der Waals surface area contributed by atoms with Gasteiger partial charge in [-0.15, -0.1) is 0 Å². The van der Waals surface area contributed by atoms with Crippen LogP contribution in [0.15, 0.2) is 36.4 Å². The number of anilines is 1. The lowest BCUT2D eigenvalue weighted by atomic mass is 9.75. The molecular weight excluding hydrogens is 607 g/mol. The van der Waals surface area contributed by atoms with E-state index in [0.29, 0.717) is 22.2 Å². The van der Waals surface area contributed by atoms with Gasteiger partial charge in [0.25, 0.3) is 0 Å². The first-order valence-corrected chi connectivity index (χ1v) is 14.1. The SMILES string of the molecule is CN1c2cccc(CBr)c2C(C)(C)C12C=Cc1cc(O)cc(CN(CCN(CC(=O)F)CC(=O)F)CC(=O)F)c1O2. The highest BCUT2D eigenvalue weighted by Gasteiger charge is 2.58. The van der Waals surface area contributed by atoms with Crippen molar-refractivity contribution in [2.75, 3.05) is 44.7 Å². The lowest BCUT2D eigenvalue weighted by Gasteiger charge is -2.46. The highest BCUT2D eigenvalue weighted by molar-refractivity contribution is 9.08. The number of halogens is 4. The third-order valence-electron chi connectivity index (χ3n) is 7.75. The molecule has 1 unspecified atom stereocenters. The van der Waals surface area contributed by atoms with Gasteiger partial charge in [0.05, 0.1) is 25.0 Å². The van der Waals surface area contributed by atoms with Crippen LogP contribution in [0.5, 0.6) is 11.5 Å². The number of phenols is 1. The highest BCUT2D eigenvalue weighted by Crippen LogP contribution is 2.56. The standard InChI is InChI=1S/C29H31BrF3N3O5/c1-28(2)26-19(13-30)5-4-6-22(26)34(3)29(28)8-7-18-11-21(37)12-20(27(18)41-29)14-35(15-23(31)38)9-10-36(16-24(32)39)17-25(33)40/h4-8,11-12,37H,9-10,13-17H2,1-3H3. The normalized spacial score (nSPS) is 18.5. The van der Waals surface area contributed by atoms with Crippen molar-refractivity contribution in [3.8, 4) is 11.5 Å². The molecule has 0 saturated carbocycles. The zero-order valence-electron chi connectivity index (χ0n) is 22.9. The van der Waals surface area contributed by atoms with Gasteiger partial charge in [0.15, 0.2) is 0 Å². The van der Waals surface area contributed by atoms with Crippen LogP contribution in [0.1, 0.15) is 36.1 Å². The zero-order chi connectivity index (χ0) is 30.1. The van der Waals surface area contributed by atoms with Crippen LogP contribution in [0.3, 0.4) is 0 Å². The van der Waals surface area contributed by atoms with E-state index >= 15 is 0 Å². The van der Waals surface area contributed by atoms with Crippen molar-refractivity contribution in [2.24, 2.45) is 0 Å². The van der Waals surface area contributed by atoms with Crippen molar-refractivity contribution < 1.29 is 37.4 Å². The number of benzene rings is 2. The summed E-state index contributed by atoms with van der Waals surface area (Å²) in [5.74, 6) is 0.343. The highest BCUT2D eigenvalue weighted by atomic mass is 79.9. The van der Waals surface area contributed by atoms with Crippen LogP contribution in [0.4, 0.5) is 18.9 Å². The van der Waals surface area contributed by atoms with Gasteiger partial charge < -0.3 is 14.7 Å². The van der Waals surface area contributed by atoms with Crippen molar-refractivity contribution in [3.63, 3.8) is 0 Å². The van der Waals surface area contributed by atoms with E-state index in [0.717, 1.165) is 21.7 Å². The molecule has 1 N–H and O–H groups in total. The Morgan fingerprint density at radius 1 is 0.976 bits per heavy atom. The average molecular weight is 638 g/mol. The van der Waals surface area contributed by atoms with Crippen LogP contribution in [0.2, 0.25) is 0 Å². The van der Waals surface area contributed by atoms with Gasteiger partial charge in [-0.25, -0.2) is 0 Å². The van der Waals surface area contributed by atoms with Gasteiger partial charge in [-0.05, 0) is 55.3 Å². The van der Waals surface area contributed by atoms with Gasteiger partial charge in [-0.2, -0.15) is 13.2 Å². The molecular formula is C29H31BrF3N3O5. The van der Waals surface area contributed by atoms with Gasteiger partial charge in [0.2, 0.25) is 5.72 Å². The van der Waals surface area contributed by atoms with E-state index in [-0.39, 0.29) is 25.4 Å². The summed E-state index contributed by atoms with van der Waals surface area (Å²) in [5.41, 5.74) is 2.73. The molecule has 1 atom stereocenters. The molecule has 41 heavy (non-hydrogen) atoms. The predicted octanol–water partition coefficient (Wildman–Crippen LogP) is 4.41. The summed E-state index contributed by atoms with van der Waals surface area (Å²) in [7, 11) is 1.93. The number of carbonyl (C=O) groups excluding carboxylic acids is 3. The average Bonchev–Trinajstić information content (AvgIpc) is 3.04. The summed E-state index contributed by atoms with van der Waals surface area (Å²) in [4.78, 5) is 37.7. The van der Waals surface area contributed by atoms with Crippen molar-refractivity contribution in [3.05, 3.63) is 58.7 Å². The molecule has 2 aliphatic heterocycles. The number of fused-ring (bicyclic) bond motifs is 2. The number of hydrogen-bond acceptors (Lipinski definition) is 8. The molecule has 0 aromatic heterocycles. The Morgan fingerprint density at radius 3 is 2.20 bits per heavy atom. The second-order valence-corrected chi connectivity index (χ2v) is 11.3. The van der Waals surface area contributed by atoms with E-state index < -0.39 is 48.9 Å². The molecule has 12 heteroatoms. The smallest absolute Gasteiger partial charge is 0.315 e. The lowest BCUT2D eigenvalue weighted by Crippen LogP contribution is -2.58. The van der Waals surface area contributed by atoms with Gasteiger partial charge in [0.1, 0.15) is 11.5 Å². The Kier molecular flexibility index (Phi) is 8.95. The van der Waals surface area contributed by atoms with E-state index in [9.17, 15) is 32.7 Å². The third kappa shape index (κ3) is 6.05. The van der Waals surface area contributed by atoms with Crippen molar-refractivity contribution in [1.29, 1.82) is 0 Å². The van der Waals surface area contributed by atoms with E-state index in [2.05, 4.69) is 29.8 Å². The van der Waals surface area contributed by atoms with Gasteiger partial charge in [-0.3, -0.25) is 24.2 Å². The first-order valence-electron chi connectivity index (χ1n) is 12.9. The quantitative estimate of drug-likeness (QED) is 0.270. The predicted molar refractivity (Wildman–Crippen MR) is 151 cm³/mol. The Hall–Kier alpha value is -3.22. The van der Waals surface area contributed by atoms with E-state index in [1.165, 1.54) is 17.0 Å². The molecule has 2 aromatic rings. The van der Waals surface area contributed by atoms with Crippen LogP contribution in [-0.2, 0) is 31.7 Å². The first-order chi connectivity index (χ1) is 19.3. The number of likely N-dealkylation sites (N-methyl/N-ethyl adjacent to an activating group) is 1. The molecule has 2 aromatic carbocycles. The van der Waals surface area contributed by atoms with Crippen LogP contribution in [0, 0.1) is 0 Å². The fourth-order valence-electron chi connectivity index (χ4n) is 5.93. The fraction of sp³-hybridized carbons (Fsp3) is 0.414. The summed E-state index contributed by atoms with van der Waals surface area (Å²) in [6, 6.07) is 3.86. The zero-order valence-corrected chi connectivity index (χ0v) is 24.5. The second kappa shape index (κ2) is 11.9. The largest absolute Gasteiger partial charge is 0.508 e. The Labute approximate surface area is 244 Å². The number of alkyl halides is 1. The Balaban J connectivity index is 1.68. The molecule has 2 aliphatic rings. The number of rotatable bonds is 12. The van der Waals surface area contributed by atoms with Crippen LogP contribution < -0.4 is 9.64 Å². The molecule has 1 spiro atoms. The number of nitrogens with zero attached hydrogens (tertiary/aromatic N) is 3. The minimum absolute atomic E-state index is 0.0777. The molecule has 2 heterocycles. The van der Waals surface area contributed by atoms with Gasteiger partial charge >= 0.3 is 18.1 Å². The Morgan fingerprint density at radius 2 is 1.59 bits per heavy atom. The first kappa shape index (κ1) is 30.7. The molecule has 0 bridgehead atoms. The molecule has 0 radical (unpaired) electrons. The number of hydrogen-bond donors (Lipinski definition) is 1. The molecule has 0 aliphatic carbocycles. The lowest BCUT2D eigenvalue weighted by molar-refractivity contribution is -0.135. The molecule has 0 fully saturated rings.